The third kappa shape index (κ3) is 1.64. The molecule has 0 saturated carbocycles. The van der Waals surface area contributed by atoms with Crippen LogP contribution in [-0.2, 0) is 6.54 Å². The van der Waals surface area contributed by atoms with Crippen molar-refractivity contribution in [2.45, 2.75) is 13.5 Å². The van der Waals surface area contributed by atoms with Gasteiger partial charge in [-0.05, 0) is 23.8 Å². The molecule has 3 heteroatoms. The molecule has 0 fully saturated rings. The molecule has 0 unspecified atom stereocenters. The van der Waals surface area contributed by atoms with E-state index in [4.69, 9.17) is 5.73 Å². The summed E-state index contributed by atoms with van der Waals surface area (Å²) in [5, 5.41) is 2.44. The minimum atomic E-state index is 0.729. The van der Waals surface area contributed by atoms with Gasteiger partial charge < -0.3 is 10.3 Å². The summed E-state index contributed by atoms with van der Waals surface area (Å²) in [4.78, 5) is 4.40. The molecule has 0 amide bonds. The third-order valence-corrected chi connectivity index (χ3v) is 3.24. The lowest BCUT2D eigenvalue weighted by atomic mass is 10.1. The van der Waals surface area contributed by atoms with Crippen molar-refractivity contribution in [2.24, 2.45) is 0 Å². The van der Waals surface area contributed by atoms with Crippen molar-refractivity contribution >= 4 is 16.6 Å². The first kappa shape index (κ1) is 10.8. The first-order chi connectivity index (χ1) is 8.79. The maximum Gasteiger partial charge on any atom is 0.131 e. The number of aromatic nitrogens is 2. The molecule has 90 valence electrons. The van der Waals surface area contributed by atoms with E-state index >= 15 is 0 Å². The minimum Gasteiger partial charge on any atom is -0.383 e. The molecule has 2 aromatic carbocycles. The Hall–Kier alpha value is -2.29. The molecule has 0 saturated heterocycles. The zero-order valence-electron chi connectivity index (χ0n) is 10.3. The molecular formula is C15H15N3. The van der Waals surface area contributed by atoms with Crippen molar-refractivity contribution in [1.29, 1.82) is 0 Å². The average Bonchev–Trinajstić information content (AvgIpc) is 2.79. The van der Waals surface area contributed by atoms with Gasteiger partial charge in [0.05, 0.1) is 6.33 Å². The summed E-state index contributed by atoms with van der Waals surface area (Å²) in [5.74, 6) is 0.729. The highest BCUT2D eigenvalue weighted by Gasteiger charge is 2.09. The number of fused-ring (bicyclic) bond motifs is 1. The molecule has 0 aliphatic heterocycles. The zero-order chi connectivity index (χ0) is 12.5. The van der Waals surface area contributed by atoms with Crippen LogP contribution in [0.2, 0.25) is 0 Å². The molecule has 2 N–H and O–H groups in total. The molecule has 3 aromatic rings. The maximum absolute atomic E-state index is 6.09. The number of nitrogens with zero attached hydrogens (tertiary/aromatic N) is 2. The van der Waals surface area contributed by atoms with Crippen molar-refractivity contribution in [3.05, 3.63) is 48.8 Å². The number of nitrogen functional groups attached to an aromatic ring is 1. The molecule has 0 atom stereocenters. The van der Waals surface area contributed by atoms with Gasteiger partial charge >= 0.3 is 0 Å². The SMILES string of the molecule is CCn1cnc(-c2ccc3ccccc3c2)c1N. The Morgan fingerprint density at radius 1 is 1.11 bits per heavy atom. The number of hydrogen-bond donors (Lipinski definition) is 1. The van der Waals surface area contributed by atoms with E-state index in [0.29, 0.717) is 0 Å². The van der Waals surface area contributed by atoms with Crippen LogP contribution in [0, 0.1) is 0 Å². The van der Waals surface area contributed by atoms with E-state index in [9.17, 15) is 0 Å². The van der Waals surface area contributed by atoms with Crippen LogP contribution in [0.1, 0.15) is 6.92 Å². The van der Waals surface area contributed by atoms with E-state index in [1.54, 1.807) is 6.33 Å². The summed E-state index contributed by atoms with van der Waals surface area (Å²) in [6.07, 6.45) is 1.79. The Kier molecular flexibility index (Phi) is 2.52. The van der Waals surface area contributed by atoms with Crippen LogP contribution in [0.15, 0.2) is 48.8 Å². The van der Waals surface area contributed by atoms with Gasteiger partial charge in [0.25, 0.3) is 0 Å². The molecule has 1 heterocycles. The largest absolute Gasteiger partial charge is 0.383 e. The van der Waals surface area contributed by atoms with Crippen LogP contribution in [0.5, 0.6) is 0 Å². The second-order valence-corrected chi connectivity index (χ2v) is 4.33. The summed E-state index contributed by atoms with van der Waals surface area (Å²) in [6.45, 7) is 2.90. The number of benzene rings is 2. The predicted molar refractivity (Wildman–Crippen MR) is 75.3 cm³/mol. The fourth-order valence-corrected chi connectivity index (χ4v) is 2.20. The van der Waals surface area contributed by atoms with Crippen molar-refractivity contribution in [3.63, 3.8) is 0 Å². The Morgan fingerprint density at radius 2 is 1.89 bits per heavy atom. The lowest BCUT2D eigenvalue weighted by molar-refractivity contribution is 0.771. The molecule has 0 bridgehead atoms. The average molecular weight is 237 g/mol. The van der Waals surface area contributed by atoms with Gasteiger partial charge in [-0.15, -0.1) is 0 Å². The van der Waals surface area contributed by atoms with Gasteiger partial charge in [0, 0.05) is 12.1 Å². The maximum atomic E-state index is 6.09. The fraction of sp³-hybridized carbons (Fsp3) is 0.133. The molecule has 18 heavy (non-hydrogen) atoms. The van der Waals surface area contributed by atoms with E-state index in [0.717, 1.165) is 23.6 Å². The highest BCUT2D eigenvalue weighted by Crippen LogP contribution is 2.27. The number of aryl methyl sites for hydroxylation is 1. The van der Waals surface area contributed by atoms with Crippen LogP contribution >= 0.6 is 0 Å². The highest BCUT2D eigenvalue weighted by atomic mass is 15.1. The molecule has 0 spiro atoms. The highest BCUT2D eigenvalue weighted by molar-refractivity contribution is 5.88. The Balaban J connectivity index is 2.16. The topological polar surface area (TPSA) is 43.8 Å². The van der Waals surface area contributed by atoms with Crippen LogP contribution in [-0.4, -0.2) is 9.55 Å². The van der Waals surface area contributed by atoms with E-state index in [2.05, 4.69) is 42.2 Å². The lowest BCUT2D eigenvalue weighted by Gasteiger charge is -2.04. The quantitative estimate of drug-likeness (QED) is 0.743. The Bertz CT molecular complexity index is 698. The first-order valence-electron chi connectivity index (χ1n) is 6.09. The van der Waals surface area contributed by atoms with Gasteiger partial charge in [-0.1, -0.05) is 36.4 Å². The second kappa shape index (κ2) is 4.18. The van der Waals surface area contributed by atoms with E-state index in [-0.39, 0.29) is 0 Å². The van der Waals surface area contributed by atoms with E-state index in [1.165, 1.54) is 10.8 Å². The molecule has 0 radical (unpaired) electrons. The Labute approximate surface area is 106 Å². The van der Waals surface area contributed by atoms with E-state index < -0.39 is 0 Å². The second-order valence-electron chi connectivity index (χ2n) is 4.33. The summed E-state index contributed by atoms with van der Waals surface area (Å²) in [5.41, 5.74) is 8.02. The van der Waals surface area contributed by atoms with Crippen LogP contribution < -0.4 is 5.73 Å². The van der Waals surface area contributed by atoms with Gasteiger partial charge in [-0.3, -0.25) is 0 Å². The normalized spacial score (nSPS) is 10.9. The summed E-state index contributed by atoms with van der Waals surface area (Å²) >= 11 is 0. The number of anilines is 1. The van der Waals surface area contributed by atoms with Crippen molar-refractivity contribution < 1.29 is 0 Å². The number of rotatable bonds is 2. The van der Waals surface area contributed by atoms with E-state index in [1.807, 2.05) is 16.7 Å². The number of imidazole rings is 1. The molecule has 3 nitrogen and oxygen atoms in total. The van der Waals surface area contributed by atoms with Gasteiger partial charge in [-0.25, -0.2) is 4.98 Å². The fourth-order valence-electron chi connectivity index (χ4n) is 2.20. The molecule has 3 rings (SSSR count). The third-order valence-electron chi connectivity index (χ3n) is 3.24. The first-order valence-corrected chi connectivity index (χ1v) is 6.09. The van der Waals surface area contributed by atoms with Crippen molar-refractivity contribution in [3.8, 4) is 11.3 Å². The van der Waals surface area contributed by atoms with Gasteiger partial charge in [0.15, 0.2) is 0 Å². The van der Waals surface area contributed by atoms with Crippen LogP contribution in [0.3, 0.4) is 0 Å². The standard InChI is InChI=1S/C15H15N3/c1-2-18-10-17-14(15(18)16)13-8-7-11-5-3-4-6-12(11)9-13/h3-10H,2,16H2,1H3. The monoisotopic (exact) mass is 237 g/mol. The zero-order valence-corrected chi connectivity index (χ0v) is 10.3. The number of nitrogens with two attached hydrogens (primary N) is 1. The Morgan fingerprint density at radius 3 is 2.61 bits per heavy atom. The lowest BCUT2D eigenvalue weighted by Crippen LogP contribution is -1.99. The molecule has 0 aliphatic rings. The summed E-state index contributed by atoms with van der Waals surface area (Å²) in [6, 6.07) is 14.6. The molecular weight excluding hydrogens is 222 g/mol. The predicted octanol–water partition coefficient (Wildman–Crippen LogP) is 3.31. The summed E-state index contributed by atoms with van der Waals surface area (Å²) < 4.78 is 1.95. The van der Waals surface area contributed by atoms with Crippen molar-refractivity contribution in [2.75, 3.05) is 5.73 Å². The van der Waals surface area contributed by atoms with Gasteiger partial charge in [-0.2, -0.15) is 0 Å². The van der Waals surface area contributed by atoms with Crippen LogP contribution in [0.4, 0.5) is 5.82 Å². The molecule has 0 aliphatic carbocycles. The minimum absolute atomic E-state index is 0.729. The number of hydrogen-bond acceptors (Lipinski definition) is 2. The van der Waals surface area contributed by atoms with Gasteiger partial charge in [0.1, 0.15) is 11.5 Å². The van der Waals surface area contributed by atoms with Gasteiger partial charge in [0.2, 0.25) is 0 Å². The smallest absolute Gasteiger partial charge is 0.131 e. The molecule has 1 aromatic heterocycles. The van der Waals surface area contributed by atoms with Crippen LogP contribution in [0.25, 0.3) is 22.0 Å². The summed E-state index contributed by atoms with van der Waals surface area (Å²) in [7, 11) is 0. The van der Waals surface area contributed by atoms with Crippen molar-refractivity contribution in [1.82, 2.24) is 9.55 Å².